The number of amides is 2. The molecular formula is C17H15BrN2O2S. The van der Waals surface area contributed by atoms with Gasteiger partial charge in [0.2, 0.25) is 11.8 Å². The van der Waals surface area contributed by atoms with E-state index in [2.05, 4.69) is 26.6 Å². The molecule has 0 spiro atoms. The lowest BCUT2D eigenvalue weighted by Gasteiger charge is -2.23. The maximum Gasteiger partial charge on any atom is 0.238 e. The van der Waals surface area contributed by atoms with E-state index >= 15 is 0 Å². The van der Waals surface area contributed by atoms with E-state index in [9.17, 15) is 9.59 Å². The van der Waals surface area contributed by atoms with E-state index in [1.54, 1.807) is 0 Å². The Morgan fingerprint density at radius 1 is 1.30 bits per heavy atom. The number of thioether (sulfide) groups is 1. The highest BCUT2D eigenvalue weighted by Crippen LogP contribution is 2.36. The van der Waals surface area contributed by atoms with E-state index < -0.39 is 5.25 Å². The van der Waals surface area contributed by atoms with Crippen molar-refractivity contribution in [1.29, 1.82) is 0 Å². The first-order chi connectivity index (χ1) is 11.0. The maximum atomic E-state index is 12.3. The highest BCUT2D eigenvalue weighted by atomic mass is 79.9. The Balaban J connectivity index is 1.67. The summed E-state index contributed by atoms with van der Waals surface area (Å²) in [4.78, 5) is 25.4. The summed E-state index contributed by atoms with van der Waals surface area (Å²) < 4.78 is 0.965. The van der Waals surface area contributed by atoms with Gasteiger partial charge in [-0.05, 0) is 42.8 Å². The molecule has 2 N–H and O–H groups in total. The number of benzene rings is 2. The van der Waals surface area contributed by atoms with Gasteiger partial charge in [0.1, 0.15) is 0 Å². The molecule has 23 heavy (non-hydrogen) atoms. The molecule has 0 fully saturated rings. The van der Waals surface area contributed by atoms with Crippen molar-refractivity contribution in [2.75, 3.05) is 10.6 Å². The molecule has 6 heteroatoms. The first-order valence-corrected chi connectivity index (χ1v) is 8.83. The fourth-order valence-electron chi connectivity index (χ4n) is 2.36. The van der Waals surface area contributed by atoms with Gasteiger partial charge in [-0.1, -0.05) is 28.1 Å². The number of fused-ring (bicyclic) bond motifs is 1. The van der Waals surface area contributed by atoms with E-state index in [1.807, 2.05) is 49.4 Å². The summed E-state index contributed by atoms with van der Waals surface area (Å²) in [5.74, 6) is -0.293. The van der Waals surface area contributed by atoms with Gasteiger partial charge in [-0.3, -0.25) is 9.59 Å². The number of rotatable bonds is 3. The van der Waals surface area contributed by atoms with E-state index in [0.717, 1.165) is 26.3 Å². The number of anilines is 2. The van der Waals surface area contributed by atoms with Crippen LogP contribution in [0.2, 0.25) is 0 Å². The van der Waals surface area contributed by atoms with Gasteiger partial charge in [-0.25, -0.2) is 0 Å². The molecule has 0 radical (unpaired) electrons. The zero-order valence-corrected chi connectivity index (χ0v) is 14.8. The van der Waals surface area contributed by atoms with Gasteiger partial charge in [-0.2, -0.15) is 0 Å². The highest BCUT2D eigenvalue weighted by Gasteiger charge is 2.28. The second-order valence-corrected chi connectivity index (χ2v) is 7.46. The minimum absolute atomic E-state index is 0.128. The molecule has 0 bridgehead atoms. The Kier molecular flexibility index (Phi) is 4.73. The van der Waals surface area contributed by atoms with Gasteiger partial charge in [-0.15, -0.1) is 11.8 Å². The molecule has 3 rings (SSSR count). The van der Waals surface area contributed by atoms with Crippen LogP contribution < -0.4 is 10.6 Å². The average Bonchev–Trinajstić information content (AvgIpc) is 2.51. The zero-order valence-electron chi connectivity index (χ0n) is 12.4. The maximum absolute atomic E-state index is 12.3. The van der Waals surface area contributed by atoms with E-state index in [0.29, 0.717) is 0 Å². The van der Waals surface area contributed by atoms with Crippen LogP contribution >= 0.6 is 27.7 Å². The summed E-state index contributed by atoms with van der Waals surface area (Å²) in [7, 11) is 0. The lowest BCUT2D eigenvalue weighted by Crippen LogP contribution is -2.32. The third-order valence-electron chi connectivity index (χ3n) is 3.54. The van der Waals surface area contributed by atoms with Crippen LogP contribution in [0.15, 0.2) is 51.8 Å². The molecule has 1 aliphatic rings. The largest absolute Gasteiger partial charge is 0.326 e. The first kappa shape index (κ1) is 16.1. The van der Waals surface area contributed by atoms with Crippen molar-refractivity contribution >= 4 is 50.9 Å². The Morgan fingerprint density at radius 3 is 2.87 bits per heavy atom. The number of aryl methyl sites for hydroxylation is 1. The Morgan fingerprint density at radius 2 is 2.09 bits per heavy atom. The van der Waals surface area contributed by atoms with Crippen molar-refractivity contribution in [3.63, 3.8) is 0 Å². The standard InChI is InChI=1S/C17H15BrN2O2S/c1-10-8-11(18)6-7-12(10)19-16(21)9-15-17(22)20-13-4-2-3-5-14(13)23-15/h2-8,15H,9H2,1H3,(H,19,21)(H,20,22). The topological polar surface area (TPSA) is 58.2 Å². The van der Waals surface area contributed by atoms with Crippen molar-refractivity contribution < 1.29 is 9.59 Å². The molecule has 0 saturated heterocycles. The fourth-order valence-corrected chi connectivity index (χ4v) is 3.95. The fraction of sp³-hybridized carbons (Fsp3) is 0.176. The van der Waals surface area contributed by atoms with Gasteiger partial charge in [0.05, 0.1) is 10.9 Å². The number of hydrogen-bond acceptors (Lipinski definition) is 3. The molecule has 2 aromatic rings. The van der Waals surface area contributed by atoms with Crippen LogP contribution in [-0.4, -0.2) is 17.1 Å². The third-order valence-corrected chi connectivity index (χ3v) is 5.31. The van der Waals surface area contributed by atoms with Crippen molar-refractivity contribution in [2.45, 2.75) is 23.5 Å². The molecule has 2 aromatic carbocycles. The quantitative estimate of drug-likeness (QED) is 0.825. The normalized spacial score (nSPS) is 16.4. The van der Waals surface area contributed by atoms with Gasteiger partial charge in [0, 0.05) is 21.5 Å². The van der Waals surface area contributed by atoms with Crippen molar-refractivity contribution in [3.05, 3.63) is 52.5 Å². The Bertz CT molecular complexity index is 779. The number of para-hydroxylation sites is 1. The van der Waals surface area contributed by atoms with Crippen LogP contribution in [0, 0.1) is 6.92 Å². The molecule has 0 saturated carbocycles. The van der Waals surface area contributed by atoms with Crippen LogP contribution in [0.5, 0.6) is 0 Å². The van der Waals surface area contributed by atoms with Gasteiger partial charge in [0.15, 0.2) is 0 Å². The molecule has 1 aliphatic heterocycles. The Labute approximate surface area is 147 Å². The molecule has 0 aliphatic carbocycles. The van der Waals surface area contributed by atoms with Gasteiger partial charge in [0.25, 0.3) is 0 Å². The smallest absolute Gasteiger partial charge is 0.238 e. The number of halogens is 1. The van der Waals surface area contributed by atoms with E-state index in [4.69, 9.17) is 0 Å². The van der Waals surface area contributed by atoms with Crippen LogP contribution in [0.25, 0.3) is 0 Å². The SMILES string of the molecule is Cc1cc(Br)ccc1NC(=O)CC1Sc2ccccc2NC1=O. The van der Waals surface area contributed by atoms with E-state index in [1.165, 1.54) is 11.8 Å². The summed E-state index contributed by atoms with van der Waals surface area (Å²) in [6, 6.07) is 13.3. The van der Waals surface area contributed by atoms with Crippen LogP contribution in [0.4, 0.5) is 11.4 Å². The molecule has 1 unspecified atom stereocenters. The predicted octanol–water partition coefficient (Wildman–Crippen LogP) is 4.20. The van der Waals surface area contributed by atoms with Crippen LogP contribution in [0.1, 0.15) is 12.0 Å². The number of carbonyl (C=O) groups excluding carboxylic acids is 2. The minimum atomic E-state index is -0.416. The lowest BCUT2D eigenvalue weighted by atomic mass is 10.2. The monoisotopic (exact) mass is 390 g/mol. The summed E-state index contributed by atoms with van der Waals surface area (Å²) >= 11 is 4.83. The number of hydrogen-bond donors (Lipinski definition) is 2. The molecule has 2 amide bonds. The summed E-state index contributed by atoms with van der Waals surface area (Å²) in [5, 5.41) is 5.31. The van der Waals surface area contributed by atoms with Gasteiger partial charge < -0.3 is 10.6 Å². The van der Waals surface area contributed by atoms with Crippen molar-refractivity contribution in [2.24, 2.45) is 0 Å². The van der Waals surface area contributed by atoms with Crippen molar-refractivity contribution in [1.82, 2.24) is 0 Å². The molecular weight excluding hydrogens is 376 g/mol. The molecule has 1 atom stereocenters. The second-order valence-electron chi connectivity index (χ2n) is 5.30. The van der Waals surface area contributed by atoms with E-state index in [-0.39, 0.29) is 18.2 Å². The number of nitrogens with one attached hydrogen (secondary N) is 2. The molecule has 0 aromatic heterocycles. The van der Waals surface area contributed by atoms with Crippen LogP contribution in [-0.2, 0) is 9.59 Å². The third kappa shape index (κ3) is 3.76. The number of carbonyl (C=O) groups is 2. The molecule has 118 valence electrons. The minimum Gasteiger partial charge on any atom is -0.326 e. The zero-order chi connectivity index (χ0) is 16.4. The summed E-state index contributed by atoms with van der Waals surface area (Å²) in [5.41, 5.74) is 2.54. The Hall–Kier alpha value is -1.79. The molecule has 1 heterocycles. The average molecular weight is 391 g/mol. The second kappa shape index (κ2) is 6.76. The first-order valence-electron chi connectivity index (χ1n) is 7.15. The highest BCUT2D eigenvalue weighted by molar-refractivity contribution is 9.10. The van der Waals surface area contributed by atoms with Crippen molar-refractivity contribution in [3.8, 4) is 0 Å². The predicted molar refractivity (Wildman–Crippen MR) is 96.8 cm³/mol. The van der Waals surface area contributed by atoms with Crippen LogP contribution in [0.3, 0.4) is 0 Å². The molecule has 4 nitrogen and oxygen atoms in total. The lowest BCUT2D eigenvalue weighted by molar-refractivity contribution is -0.120. The van der Waals surface area contributed by atoms with Gasteiger partial charge >= 0.3 is 0 Å². The summed E-state index contributed by atoms with van der Waals surface area (Å²) in [6.45, 7) is 1.93. The summed E-state index contributed by atoms with van der Waals surface area (Å²) in [6.07, 6.45) is 0.139.